The van der Waals surface area contributed by atoms with Crippen LogP contribution in [-0.2, 0) is 10.0 Å². The van der Waals surface area contributed by atoms with Crippen molar-refractivity contribution in [2.45, 2.75) is 4.90 Å². The van der Waals surface area contributed by atoms with E-state index in [1.54, 1.807) is 0 Å². The number of rotatable bonds is 2. The van der Waals surface area contributed by atoms with Gasteiger partial charge in [-0.2, -0.15) is 0 Å². The largest absolute Gasteiger partial charge is 0.495 e. The highest BCUT2D eigenvalue weighted by Gasteiger charge is 2.21. The zero-order chi connectivity index (χ0) is 10.9. The highest BCUT2D eigenvalue weighted by molar-refractivity contribution is 7.89. The van der Waals surface area contributed by atoms with E-state index >= 15 is 0 Å². The number of nitrogens with two attached hydrogens (primary N) is 1. The van der Waals surface area contributed by atoms with E-state index < -0.39 is 25.8 Å². The van der Waals surface area contributed by atoms with Crippen LogP contribution >= 0.6 is 11.6 Å². The highest BCUT2D eigenvalue weighted by Crippen LogP contribution is 2.31. The Hall–Kier alpha value is -0.850. The summed E-state index contributed by atoms with van der Waals surface area (Å²) in [6.07, 6.45) is 0. The average Bonchev–Trinajstić information content (AvgIpc) is 2.07. The fraction of sp³-hybridized carbons (Fsp3) is 0.143. The summed E-state index contributed by atoms with van der Waals surface area (Å²) in [5.74, 6) is -0.949. The zero-order valence-corrected chi connectivity index (χ0v) is 8.69. The molecular formula is C7H7ClFNO3S. The van der Waals surface area contributed by atoms with Gasteiger partial charge in [-0.1, -0.05) is 11.6 Å². The molecule has 7 heteroatoms. The van der Waals surface area contributed by atoms with E-state index in [1.165, 1.54) is 7.11 Å². The van der Waals surface area contributed by atoms with E-state index in [1.807, 2.05) is 0 Å². The number of methoxy groups -OCH3 is 1. The Morgan fingerprint density at radius 2 is 2.07 bits per heavy atom. The van der Waals surface area contributed by atoms with Crippen LogP contribution in [0.5, 0.6) is 5.75 Å². The smallest absolute Gasteiger partial charge is 0.243 e. The highest BCUT2D eigenvalue weighted by atomic mass is 35.5. The summed E-state index contributed by atoms with van der Waals surface area (Å²) in [5.41, 5.74) is 0. The molecule has 0 saturated heterocycles. The number of hydrogen-bond donors (Lipinski definition) is 1. The maximum atomic E-state index is 12.9. The van der Waals surface area contributed by atoms with E-state index in [-0.39, 0.29) is 5.75 Å². The summed E-state index contributed by atoms with van der Waals surface area (Å²) in [6, 6.07) is 2.14. The lowest BCUT2D eigenvalue weighted by atomic mass is 10.3. The molecule has 0 radical (unpaired) electrons. The SMILES string of the molecule is COc1ccc(F)c(Cl)c1S(N)(=O)=O. The maximum Gasteiger partial charge on any atom is 0.243 e. The van der Waals surface area contributed by atoms with Crippen LogP contribution in [0.4, 0.5) is 4.39 Å². The van der Waals surface area contributed by atoms with Gasteiger partial charge < -0.3 is 4.74 Å². The Bertz CT molecular complexity index is 460. The van der Waals surface area contributed by atoms with E-state index in [9.17, 15) is 12.8 Å². The summed E-state index contributed by atoms with van der Waals surface area (Å²) in [4.78, 5) is -0.540. The van der Waals surface area contributed by atoms with Gasteiger partial charge >= 0.3 is 0 Å². The van der Waals surface area contributed by atoms with Gasteiger partial charge in [0.2, 0.25) is 10.0 Å². The van der Waals surface area contributed by atoms with Gasteiger partial charge in [0.15, 0.2) is 0 Å². The normalized spacial score (nSPS) is 11.4. The molecule has 0 unspecified atom stereocenters. The molecule has 4 nitrogen and oxygen atoms in total. The van der Waals surface area contributed by atoms with Crippen LogP contribution in [0.2, 0.25) is 5.02 Å². The van der Waals surface area contributed by atoms with Gasteiger partial charge in [0.05, 0.1) is 7.11 Å². The number of sulfonamides is 1. The first-order chi connectivity index (χ1) is 6.38. The molecule has 0 aliphatic carbocycles. The lowest BCUT2D eigenvalue weighted by Crippen LogP contribution is -2.14. The topological polar surface area (TPSA) is 69.4 Å². The number of primary sulfonamides is 1. The molecule has 0 aromatic heterocycles. The molecule has 1 aromatic rings. The lowest BCUT2D eigenvalue weighted by molar-refractivity contribution is 0.401. The second kappa shape index (κ2) is 3.72. The summed E-state index contributed by atoms with van der Waals surface area (Å²) >= 11 is 5.45. The fourth-order valence-corrected chi connectivity index (χ4v) is 2.20. The Kier molecular flexibility index (Phi) is 2.98. The van der Waals surface area contributed by atoms with Crippen LogP contribution in [0.3, 0.4) is 0 Å². The average molecular weight is 240 g/mol. The van der Waals surface area contributed by atoms with Crippen molar-refractivity contribution in [1.82, 2.24) is 0 Å². The molecule has 0 bridgehead atoms. The van der Waals surface area contributed by atoms with Crippen LogP contribution in [-0.4, -0.2) is 15.5 Å². The van der Waals surface area contributed by atoms with Gasteiger partial charge in [0.1, 0.15) is 21.5 Å². The Morgan fingerprint density at radius 1 is 1.50 bits per heavy atom. The molecule has 1 rings (SSSR count). The van der Waals surface area contributed by atoms with Crippen LogP contribution in [0.25, 0.3) is 0 Å². The van der Waals surface area contributed by atoms with Crippen molar-refractivity contribution in [3.63, 3.8) is 0 Å². The fourth-order valence-electron chi connectivity index (χ4n) is 0.940. The molecular weight excluding hydrogens is 233 g/mol. The third-order valence-electron chi connectivity index (χ3n) is 1.52. The third kappa shape index (κ3) is 1.97. The molecule has 78 valence electrons. The minimum atomic E-state index is -4.10. The quantitative estimate of drug-likeness (QED) is 0.841. The van der Waals surface area contributed by atoms with Gasteiger partial charge in [-0.15, -0.1) is 0 Å². The number of hydrogen-bond acceptors (Lipinski definition) is 3. The minimum absolute atomic E-state index is 0.0844. The Morgan fingerprint density at radius 3 is 2.50 bits per heavy atom. The van der Waals surface area contributed by atoms with Crippen molar-refractivity contribution >= 4 is 21.6 Å². The molecule has 14 heavy (non-hydrogen) atoms. The predicted molar refractivity (Wildman–Crippen MR) is 49.3 cm³/mol. The summed E-state index contributed by atoms with van der Waals surface area (Å²) in [6.45, 7) is 0. The Balaban J connectivity index is 3.60. The third-order valence-corrected chi connectivity index (χ3v) is 2.97. The summed E-state index contributed by atoms with van der Waals surface area (Å²) in [5, 5.41) is 4.28. The number of halogens is 2. The second-order valence-electron chi connectivity index (χ2n) is 2.44. The van der Waals surface area contributed by atoms with Crippen LogP contribution in [0.1, 0.15) is 0 Å². The second-order valence-corrected chi connectivity index (χ2v) is 4.31. The van der Waals surface area contributed by atoms with Crippen molar-refractivity contribution in [2.24, 2.45) is 5.14 Å². The zero-order valence-electron chi connectivity index (χ0n) is 7.12. The molecule has 0 aliphatic rings. The van der Waals surface area contributed by atoms with Gasteiger partial charge in [-0.3, -0.25) is 0 Å². The van der Waals surface area contributed by atoms with Crippen molar-refractivity contribution in [1.29, 1.82) is 0 Å². The first kappa shape index (κ1) is 11.2. The van der Waals surface area contributed by atoms with E-state index in [0.717, 1.165) is 12.1 Å². The summed E-state index contributed by atoms with van der Waals surface area (Å²) in [7, 11) is -2.86. The van der Waals surface area contributed by atoms with Crippen LogP contribution in [0.15, 0.2) is 17.0 Å². The van der Waals surface area contributed by atoms with Gasteiger partial charge in [-0.05, 0) is 12.1 Å². The van der Waals surface area contributed by atoms with Gasteiger partial charge in [0, 0.05) is 0 Å². The molecule has 0 atom stereocenters. The molecule has 0 fully saturated rings. The minimum Gasteiger partial charge on any atom is -0.495 e. The Labute approximate surface area is 85.5 Å². The molecule has 2 N–H and O–H groups in total. The predicted octanol–water partition coefficient (Wildman–Crippen LogP) is 1.14. The van der Waals surface area contributed by atoms with Crippen molar-refractivity contribution in [3.8, 4) is 5.75 Å². The standard InChI is InChI=1S/C7H7ClFNO3S/c1-13-5-3-2-4(9)6(8)7(5)14(10,11)12/h2-3H,1H3,(H2,10,11,12). The van der Waals surface area contributed by atoms with Crippen LogP contribution < -0.4 is 9.88 Å². The van der Waals surface area contributed by atoms with Crippen molar-refractivity contribution in [3.05, 3.63) is 23.0 Å². The van der Waals surface area contributed by atoms with Crippen molar-refractivity contribution in [2.75, 3.05) is 7.11 Å². The molecule has 0 amide bonds. The molecule has 0 spiro atoms. The lowest BCUT2D eigenvalue weighted by Gasteiger charge is -2.08. The van der Waals surface area contributed by atoms with E-state index in [4.69, 9.17) is 21.5 Å². The van der Waals surface area contributed by atoms with Crippen LogP contribution in [0, 0.1) is 5.82 Å². The van der Waals surface area contributed by atoms with Crippen molar-refractivity contribution < 1.29 is 17.5 Å². The first-order valence-electron chi connectivity index (χ1n) is 3.42. The van der Waals surface area contributed by atoms with E-state index in [2.05, 4.69) is 0 Å². The first-order valence-corrected chi connectivity index (χ1v) is 5.35. The molecule has 0 aliphatic heterocycles. The van der Waals surface area contributed by atoms with Gasteiger partial charge in [-0.25, -0.2) is 17.9 Å². The monoisotopic (exact) mass is 239 g/mol. The van der Waals surface area contributed by atoms with Gasteiger partial charge in [0.25, 0.3) is 0 Å². The number of benzene rings is 1. The maximum absolute atomic E-state index is 12.9. The summed E-state index contributed by atoms with van der Waals surface area (Å²) < 4.78 is 39.7. The molecule has 0 heterocycles. The number of ether oxygens (including phenoxy) is 1. The van der Waals surface area contributed by atoms with E-state index in [0.29, 0.717) is 0 Å². The molecule has 1 aromatic carbocycles. The molecule has 0 saturated carbocycles.